The minimum absolute atomic E-state index is 0.0408. The maximum Gasteiger partial charge on any atom is 0.260 e. The Morgan fingerprint density at radius 1 is 1.19 bits per heavy atom. The van der Waals surface area contributed by atoms with Gasteiger partial charge in [0.2, 0.25) is 5.95 Å². The summed E-state index contributed by atoms with van der Waals surface area (Å²) in [6.45, 7) is 2.02. The first kappa shape index (κ1) is 13.6. The third-order valence-electron chi connectivity index (χ3n) is 3.32. The van der Waals surface area contributed by atoms with E-state index in [1.807, 2.05) is 37.3 Å². The van der Waals surface area contributed by atoms with Crippen LogP contribution in [-0.4, -0.2) is 9.97 Å². The molecular weight excluding hydrogens is 286 g/mol. The molecule has 0 bridgehead atoms. The topological polar surface area (TPSA) is 57.8 Å². The van der Waals surface area contributed by atoms with E-state index in [4.69, 9.17) is 11.6 Å². The number of nitrogens with zero attached hydrogens (tertiary/aromatic N) is 1. The van der Waals surface area contributed by atoms with Crippen molar-refractivity contribution in [2.75, 3.05) is 5.32 Å². The van der Waals surface area contributed by atoms with Gasteiger partial charge >= 0.3 is 0 Å². The van der Waals surface area contributed by atoms with Crippen LogP contribution in [0.4, 0.5) is 5.95 Å². The van der Waals surface area contributed by atoms with Gasteiger partial charge in [-0.05, 0) is 30.7 Å². The SMILES string of the molecule is C[C@@H](Nc1nc2ccc(Cl)cc2c(=O)[nH]1)c1ccccc1. The highest BCUT2D eigenvalue weighted by atomic mass is 35.5. The summed E-state index contributed by atoms with van der Waals surface area (Å²) in [5.74, 6) is 0.450. The molecule has 2 aromatic carbocycles. The zero-order valence-electron chi connectivity index (χ0n) is 11.4. The van der Waals surface area contributed by atoms with Crippen LogP contribution < -0.4 is 10.9 Å². The standard InChI is InChI=1S/C16H14ClN3O/c1-10(11-5-3-2-4-6-11)18-16-19-14-8-7-12(17)9-13(14)15(21)20-16/h2-10H,1H3,(H2,18,19,20,21)/t10-/m1/s1. The van der Waals surface area contributed by atoms with Crippen molar-refractivity contribution in [3.63, 3.8) is 0 Å². The summed E-state index contributed by atoms with van der Waals surface area (Å²) < 4.78 is 0. The Labute approximate surface area is 126 Å². The Kier molecular flexibility index (Phi) is 3.62. The lowest BCUT2D eigenvalue weighted by Crippen LogP contribution is -2.15. The van der Waals surface area contributed by atoms with Crippen molar-refractivity contribution in [2.45, 2.75) is 13.0 Å². The average molecular weight is 300 g/mol. The van der Waals surface area contributed by atoms with E-state index in [1.54, 1.807) is 18.2 Å². The van der Waals surface area contributed by atoms with Crippen LogP contribution in [0.15, 0.2) is 53.3 Å². The molecular formula is C16H14ClN3O. The van der Waals surface area contributed by atoms with Crippen LogP contribution in [0.1, 0.15) is 18.5 Å². The Balaban J connectivity index is 1.95. The predicted octanol–water partition coefficient (Wildman–Crippen LogP) is 3.75. The van der Waals surface area contributed by atoms with Crippen molar-refractivity contribution >= 4 is 28.5 Å². The maximum atomic E-state index is 12.1. The number of aromatic amines is 1. The van der Waals surface area contributed by atoms with Crippen LogP contribution in [-0.2, 0) is 0 Å². The molecule has 0 saturated heterocycles. The van der Waals surface area contributed by atoms with Crippen LogP contribution in [0.2, 0.25) is 5.02 Å². The van der Waals surface area contributed by atoms with E-state index in [0.717, 1.165) is 5.56 Å². The number of fused-ring (bicyclic) bond motifs is 1. The van der Waals surface area contributed by atoms with Crippen molar-refractivity contribution in [2.24, 2.45) is 0 Å². The molecule has 0 aliphatic heterocycles. The highest BCUT2D eigenvalue weighted by Crippen LogP contribution is 2.18. The van der Waals surface area contributed by atoms with E-state index in [1.165, 1.54) is 0 Å². The Hall–Kier alpha value is -2.33. The Morgan fingerprint density at radius 2 is 1.95 bits per heavy atom. The van der Waals surface area contributed by atoms with Gasteiger partial charge in [-0.1, -0.05) is 41.9 Å². The summed E-state index contributed by atoms with van der Waals surface area (Å²) >= 11 is 5.90. The van der Waals surface area contributed by atoms with Gasteiger partial charge in [-0.3, -0.25) is 9.78 Å². The number of benzene rings is 2. The molecule has 4 nitrogen and oxygen atoms in total. The number of aromatic nitrogens is 2. The van der Waals surface area contributed by atoms with Gasteiger partial charge in [0, 0.05) is 5.02 Å². The molecule has 0 saturated carbocycles. The lowest BCUT2D eigenvalue weighted by atomic mass is 10.1. The maximum absolute atomic E-state index is 12.1. The van der Waals surface area contributed by atoms with Gasteiger partial charge in [0.05, 0.1) is 16.9 Å². The van der Waals surface area contributed by atoms with Crippen molar-refractivity contribution in [1.82, 2.24) is 9.97 Å². The number of hydrogen-bond donors (Lipinski definition) is 2. The van der Waals surface area contributed by atoms with Crippen LogP contribution in [0.5, 0.6) is 0 Å². The van der Waals surface area contributed by atoms with E-state index in [-0.39, 0.29) is 11.6 Å². The number of hydrogen-bond acceptors (Lipinski definition) is 3. The van der Waals surface area contributed by atoms with Crippen molar-refractivity contribution < 1.29 is 0 Å². The van der Waals surface area contributed by atoms with Crippen molar-refractivity contribution in [1.29, 1.82) is 0 Å². The van der Waals surface area contributed by atoms with Crippen molar-refractivity contribution in [3.05, 3.63) is 69.5 Å². The summed E-state index contributed by atoms with van der Waals surface area (Å²) in [7, 11) is 0. The minimum Gasteiger partial charge on any atom is -0.349 e. The predicted molar refractivity (Wildman–Crippen MR) is 85.9 cm³/mol. The fraction of sp³-hybridized carbons (Fsp3) is 0.125. The quantitative estimate of drug-likeness (QED) is 0.774. The van der Waals surface area contributed by atoms with Gasteiger partial charge in [0.1, 0.15) is 0 Å². The molecule has 21 heavy (non-hydrogen) atoms. The zero-order chi connectivity index (χ0) is 14.8. The van der Waals surface area contributed by atoms with Gasteiger partial charge in [-0.15, -0.1) is 0 Å². The number of H-pyrrole nitrogens is 1. The molecule has 2 N–H and O–H groups in total. The second-order valence-corrected chi connectivity index (χ2v) is 5.29. The lowest BCUT2D eigenvalue weighted by molar-refractivity contribution is 0.861. The summed E-state index contributed by atoms with van der Waals surface area (Å²) in [4.78, 5) is 19.2. The fourth-order valence-corrected chi connectivity index (χ4v) is 2.38. The van der Waals surface area contributed by atoms with Crippen molar-refractivity contribution in [3.8, 4) is 0 Å². The molecule has 3 aromatic rings. The summed E-state index contributed by atoms with van der Waals surface area (Å²) in [6, 6.07) is 15.1. The van der Waals surface area contributed by atoms with Crippen LogP contribution in [0.25, 0.3) is 10.9 Å². The van der Waals surface area contributed by atoms with Gasteiger partial charge in [0.15, 0.2) is 0 Å². The van der Waals surface area contributed by atoms with E-state index < -0.39 is 0 Å². The Morgan fingerprint density at radius 3 is 2.71 bits per heavy atom. The third kappa shape index (κ3) is 2.90. The van der Waals surface area contributed by atoms with E-state index in [0.29, 0.717) is 21.9 Å². The van der Waals surface area contributed by atoms with Crippen LogP contribution in [0.3, 0.4) is 0 Å². The molecule has 0 radical (unpaired) electrons. The van der Waals surface area contributed by atoms with E-state index in [9.17, 15) is 4.79 Å². The molecule has 106 valence electrons. The first-order valence-corrected chi connectivity index (χ1v) is 7.02. The number of halogens is 1. The van der Waals surface area contributed by atoms with E-state index in [2.05, 4.69) is 15.3 Å². The van der Waals surface area contributed by atoms with Crippen LogP contribution >= 0.6 is 11.6 Å². The zero-order valence-corrected chi connectivity index (χ0v) is 12.2. The molecule has 1 atom stereocenters. The summed E-state index contributed by atoms with van der Waals surface area (Å²) in [5.41, 5.74) is 1.53. The first-order valence-electron chi connectivity index (χ1n) is 6.64. The van der Waals surface area contributed by atoms with Gasteiger partial charge in [-0.2, -0.15) is 0 Å². The van der Waals surface area contributed by atoms with Crippen LogP contribution in [0, 0.1) is 0 Å². The molecule has 0 fully saturated rings. The second-order valence-electron chi connectivity index (χ2n) is 4.85. The molecule has 0 unspecified atom stereocenters. The first-order chi connectivity index (χ1) is 10.1. The monoisotopic (exact) mass is 299 g/mol. The molecule has 0 amide bonds. The molecule has 0 aliphatic rings. The normalized spacial score (nSPS) is 12.3. The van der Waals surface area contributed by atoms with Gasteiger partial charge in [0.25, 0.3) is 5.56 Å². The largest absolute Gasteiger partial charge is 0.349 e. The van der Waals surface area contributed by atoms with Gasteiger partial charge in [-0.25, -0.2) is 4.98 Å². The third-order valence-corrected chi connectivity index (χ3v) is 3.56. The molecule has 0 spiro atoms. The highest BCUT2D eigenvalue weighted by Gasteiger charge is 2.08. The minimum atomic E-state index is -0.203. The highest BCUT2D eigenvalue weighted by molar-refractivity contribution is 6.31. The summed E-state index contributed by atoms with van der Waals surface area (Å²) in [5, 5.41) is 4.21. The fourth-order valence-electron chi connectivity index (χ4n) is 2.21. The Bertz CT molecular complexity index is 830. The number of nitrogens with one attached hydrogen (secondary N) is 2. The lowest BCUT2D eigenvalue weighted by Gasteiger charge is -2.14. The molecule has 1 aromatic heterocycles. The summed E-state index contributed by atoms with van der Waals surface area (Å²) in [6.07, 6.45) is 0. The smallest absolute Gasteiger partial charge is 0.260 e. The average Bonchev–Trinajstić information content (AvgIpc) is 2.49. The molecule has 0 aliphatic carbocycles. The van der Waals surface area contributed by atoms with Gasteiger partial charge < -0.3 is 5.32 Å². The molecule has 5 heteroatoms. The number of rotatable bonds is 3. The van der Waals surface area contributed by atoms with E-state index >= 15 is 0 Å². The molecule has 3 rings (SSSR count). The second kappa shape index (κ2) is 5.58. The number of anilines is 1. The molecule has 1 heterocycles.